The number of nitrogens with zero attached hydrogens (tertiary/aromatic N) is 3. The van der Waals surface area contributed by atoms with Crippen LogP contribution in [0, 0.1) is 22.0 Å². The van der Waals surface area contributed by atoms with E-state index in [-0.39, 0.29) is 12.8 Å². The van der Waals surface area contributed by atoms with Gasteiger partial charge in [0, 0.05) is 29.5 Å². The quantitative estimate of drug-likeness (QED) is 0.0822. The van der Waals surface area contributed by atoms with E-state index in [1.54, 1.807) is 0 Å². The lowest BCUT2D eigenvalue weighted by Crippen LogP contribution is -2.59. The number of ether oxygens (including phenoxy) is 3. The van der Waals surface area contributed by atoms with E-state index >= 15 is 0 Å². The predicted molar refractivity (Wildman–Crippen MR) is 139 cm³/mol. The first-order valence-corrected chi connectivity index (χ1v) is 13.9. The van der Waals surface area contributed by atoms with Crippen molar-refractivity contribution < 1.29 is 78.0 Å². The summed E-state index contributed by atoms with van der Waals surface area (Å²) in [4.78, 5) is 23.6. The number of benzene rings is 1. The molecule has 0 saturated carbocycles. The van der Waals surface area contributed by atoms with E-state index < -0.39 is 127 Å². The van der Waals surface area contributed by atoms with Gasteiger partial charge >= 0.3 is 17.5 Å². The molecule has 1 amide bonds. The van der Waals surface area contributed by atoms with Crippen LogP contribution in [0.25, 0.3) is 0 Å². The topological polar surface area (TPSA) is 286 Å². The molecule has 2 saturated heterocycles. The van der Waals surface area contributed by atoms with Crippen LogP contribution < -0.4 is 10.1 Å². The third-order valence-electron chi connectivity index (χ3n) is 8.20. The molecule has 0 radical (unpaired) electrons. The largest absolute Gasteiger partial charge is 0.477 e. The van der Waals surface area contributed by atoms with Crippen LogP contribution in [0.15, 0.2) is 28.4 Å². The van der Waals surface area contributed by atoms with Gasteiger partial charge in [0.25, 0.3) is 5.91 Å². The fraction of sp³-hybridized carbons (Fsp3) is 0.720. The van der Waals surface area contributed by atoms with Gasteiger partial charge in [0.05, 0.1) is 42.6 Å². The molecule has 0 aromatic heterocycles. The van der Waals surface area contributed by atoms with E-state index in [1.807, 2.05) is 0 Å². The van der Waals surface area contributed by atoms with Crippen molar-refractivity contribution in [1.82, 2.24) is 5.32 Å². The Hall–Kier alpha value is -3.12. The Labute approximate surface area is 256 Å². The zero-order valence-electron chi connectivity index (χ0n) is 23.6. The number of carbonyl (C=O) groups excluding carboxylic acids is 1. The Kier molecular flexibility index (Phi) is 10.8. The van der Waals surface area contributed by atoms with E-state index in [9.17, 15) is 68.9 Å². The number of aliphatic hydroxyl groups excluding tert-OH is 8. The second kappa shape index (κ2) is 13.9. The van der Waals surface area contributed by atoms with Crippen molar-refractivity contribution in [3.8, 4) is 5.75 Å². The summed E-state index contributed by atoms with van der Waals surface area (Å²) in [6.45, 7) is -2.44. The Bertz CT molecular complexity index is 1240. The van der Waals surface area contributed by atoms with Crippen molar-refractivity contribution in [3.05, 3.63) is 33.9 Å². The Morgan fingerprint density at radius 2 is 1.46 bits per heavy atom. The van der Waals surface area contributed by atoms with Gasteiger partial charge < -0.3 is 60.4 Å². The molecule has 0 spiro atoms. The second-order valence-corrected chi connectivity index (χ2v) is 11.1. The first-order valence-electron chi connectivity index (χ1n) is 13.9. The average molecular weight is 671 g/mol. The van der Waals surface area contributed by atoms with Crippen LogP contribution in [0.3, 0.4) is 0 Å². The average Bonchev–Trinajstić information content (AvgIpc) is 3.83. The highest BCUT2D eigenvalue weighted by molar-refractivity contribution is 5.78. The van der Waals surface area contributed by atoms with Crippen LogP contribution in [0.1, 0.15) is 18.4 Å². The summed E-state index contributed by atoms with van der Waals surface area (Å²) in [6, 6.07) is 1.06. The zero-order chi connectivity index (χ0) is 34.1. The molecule has 3 aliphatic rings. The Morgan fingerprint density at radius 1 is 0.957 bits per heavy atom. The molecule has 0 aliphatic carbocycles. The van der Waals surface area contributed by atoms with Gasteiger partial charge in [0.1, 0.15) is 12.2 Å². The number of nitrogens with one attached hydrogen (secondary N) is 1. The molecule has 2 fully saturated rings. The standard InChI is InChI=1S/C25H33F3N4O14/c26-25(27,28)24(30-31-24)9-1-2-14(13(3-9)32(42)43)44-8-17(35)29-10(4-11-15(6-33)45-22(40)20(38)18(11)36)5-12-16(7-34)46-23(41)21(39)19(12)37/h1-3,10-12,15-16,18-23,33-34,36-41H,4-8H2,(H,29,35)/t10?,11-,12-,15-,16-,18+,19+,20-,21-,22?,23?/m1/s1. The number of carbonyl (C=O) groups is 1. The fourth-order valence-corrected chi connectivity index (χ4v) is 5.67. The highest BCUT2D eigenvalue weighted by atomic mass is 19.4. The van der Waals surface area contributed by atoms with Crippen molar-refractivity contribution in [3.63, 3.8) is 0 Å². The first kappa shape index (κ1) is 35.7. The number of rotatable bonds is 12. The van der Waals surface area contributed by atoms with Gasteiger partial charge in [-0.2, -0.15) is 13.2 Å². The molecule has 1 aromatic rings. The van der Waals surface area contributed by atoms with Crippen molar-refractivity contribution in [2.24, 2.45) is 22.1 Å². The van der Waals surface area contributed by atoms with E-state index in [1.165, 1.54) is 0 Å². The number of amides is 1. The smallest absolute Gasteiger partial charge is 0.442 e. The van der Waals surface area contributed by atoms with Gasteiger partial charge in [0.2, 0.25) is 0 Å². The maximum Gasteiger partial charge on any atom is 0.442 e. The molecule has 4 rings (SSSR count). The van der Waals surface area contributed by atoms with E-state index in [0.29, 0.717) is 6.07 Å². The molecule has 21 heteroatoms. The Morgan fingerprint density at radius 3 is 1.87 bits per heavy atom. The van der Waals surface area contributed by atoms with Crippen LogP contribution in [-0.4, -0.2) is 133 Å². The molecular formula is C25H33F3N4O14. The Balaban J connectivity index is 1.53. The van der Waals surface area contributed by atoms with Crippen LogP contribution in [0.5, 0.6) is 5.75 Å². The molecule has 258 valence electrons. The maximum absolute atomic E-state index is 13.4. The van der Waals surface area contributed by atoms with Gasteiger partial charge in [-0.25, -0.2) is 0 Å². The number of hydrogen-bond donors (Lipinski definition) is 9. The molecular weight excluding hydrogens is 637 g/mol. The third-order valence-corrected chi connectivity index (χ3v) is 8.20. The summed E-state index contributed by atoms with van der Waals surface area (Å²) < 4.78 is 55.7. The number of halogens is 3. The molecule has 1 aromatic carbocycles. The summed E-state index contributed by atoms with van der Waals surface area (Å²) in [6.07, 6.45) is -18.9. The second-order valence-electron chi connectivity index (χ2n) is 11.1. The van der Waals surface area contributed by atoms with Gasteiger partial charge in [0.15, 0.2) is 24.9 Å². The predicted octanol–water partition coefficient (Wildman–Crippen LogP) is -2.49. The molecule has 18 nitrogen and oxygen atoms in total. The lowest BCUT2D eigenvalue weighted by molar-refractivity contribution is -0.385. The highest BCUT2D eigenvalue weighted by Gasteiger charge is 2.65. The van der Waals surface area contributed by atoms with Crippen molar-refractivity contribution in [2.75, 3.05) is 19.8 Å². The van der Waals surface area contributed by atoms with Crippen LogP contribution in [0.4, 0.5) is 18.9 Å². The summed E-state index contributed by atoms with van der Waals surface area (Å²) in [5, 5.41) is 101. The minimum Gasteiger partial charge on any atom is -0.477 e. The number of hydrogen-bond acceptors (Lipinski definition) is 16. The summed E-state index contributed by atoms with van der Waals surface area (Å²) in [7, 11) is 0. The molecule has 2 unspecified atom stereocenters. The third kappa shape index (κ3) is 7.22. The van der Waals surface area contributed by atoms with Crippen LogP contribution in [0.2, 0.25) is 0 Å². The minimum atomic E-state index is -4.96. The van der Waals surface area contributed by atoms with Crippen molar-refractivity contribution in [2.45, 2.75) is 79.9 Å². The fourth-order valence-electron chi connectivity index (χ4n) is 5.67. The van der Waals surface area contributed by atoms with E-state index in [2.05, 4.69) is 15.5 Å². The van der Waals surface area contributed by atoms with Gasteiger partial charge in [-0.05, 0) is 25.0 Å². The monoisotopic (exact) mass is 670 g/mol. The van der Waals surface area contributed by atoms with Gasteiger partial charge in [-0.3, -0.25) is 14.9 Å². The summed E-state index contributed by atoms with van der Waals surface area (Å²) in [5.41, 5.74) is -4.53. The summed E-state index contributed by atoms with van der Waals surface area (Å²) >= 11 is 0. The maximum atomic E-state index is 13.4. The first-order chi connectivity index (χ1) is 21.5. The zero-order valence-corrected chi connectivity index (χ0v) is 23.6. The number of alkyl halides is 3. The molecule has 46 heavy (non-hydrogen) atoms. The minimum absolute atomic E-state index is 0.330. The van der Waals surface area contributed by atoms with Crippen LogP contribution >= 0.6 is 0 Å². The molecule has 0 bridgehead atoms. The van der Waals surface area contributed by atoms with Gasteiger partial charge in [-0.15, -0.1) is 10.2 Å². The van der Waals surface area contributed by atoms with Crippen molar-refractivity contribution in [1.29, 1.82) is 0 Å². The lowest BCUT2D eigenvalue weighted by atomic mass is 9.78. The summed E-state index contributed by atoms with van der Waals surface area (Å²) in [5.74, 6) is -3.89. The number of nitro groups is 1. The normalized spacial score (nSPS) is 34.5. The molecule has 3 heterocycles. The molecule has 3 aliphatic heterocycles. The van der Waals surface area contributed by atoms with Crippen molar-refractivity contribution >= 4 is 11.6 Å². The van der Waals surface area contributed by atoms with Crippen LogP contribution in [-0.2, 0) is 19.9 Å². The lowest BCUT2D eigenvalue weighted by Gasteiger charge is -2.44. The van der Waals surface area contributed by atoms with Gasteiger partial charge in [-0.1, -0.05) is 0 Å². The molecule has 9 N–H and O–H groups in total. The number of nitro benzene ring substituents is 1. The highest BCUT2D eigenvalue weighted by Crippen LogP contribution is 2.53. The van der Waals surface area contributed by atoms with E-state index in [4.69, 9.17) is 14.2 Å². The SMILES string of the molecule is O=C(COc1ccc(C2(C(F)(F)F)N=N2)cc1[N+](=O)[O-])NC(C[C@H]1[C@H](O)[C@@H](O)C(O)O[C@@H]1CO)C[C@H]1[C@H](O)[C@@H](O)C(O)O[C@@H]1CO. The van der Waals surface area contributed by atoms with E-state index in [0.717, 1.165) is 12.1 Å². The molecule has 10 atom stereocenters. The number of aliphatic hydroxyl groups is 8.